The number of hydrogen-bond donors (Lipinski definition) is 1. The van der Waals surface area contributed by atoms with Crippen LogP contribution in [0.5, 0.6) is 5.75 Å². The fourth-order valence-corrected chi connectivity index (χ4v) is 3.96. The number of phenolic OH excluding ortho intramolecular Hbond substituents is 1. The van der Waals surface area contributed by atoms with Crippen molar-refractivity contribution in [3.63, 3.8) is 0 Å². The van der Waals surface area contributed by atoms with Crippen LogP contribution in [-0.4, -0.2) is 11.7 Å². The number of fused-ring (bicyclic) bond motifs is 2. The first-order chi connectivity index (χ1) is 9.09. The van der Waals surface area contributed by atoms with Crippen LogP contribution in [0, 0.1) is 23.7 Å². The van der Waals surface area contributed by atoms with Crippen LogP contribution in [0.15, 0.2) is 35.9 Å². The zero-order valence-electron chi connectivity index (χ0n) is 11.8. The highest BCUT2D eigenvalue weighted by atomic mass is 16.5. The van der Waals surface area contributed by atoms with E-state index in [-0.39, 0.29) is 6.10 Å². The van der Waals surface area contributed by atoms with E-state index in [1.807, 2.05) is 18.2 Å². The number of benzene rings is 1. The number of hydrogen-bond acceptors (Lipinski definition) is 2. The number of rotatable bonds is 1. The molecule has 2 heteroatoms. The second-order valence-corrected chi connectivity index (χ2v) is 6.13. The Labute approximate surface area is 115 Å². The molecule has 2 aliphatic rings. The van der Waals surface area contributed by atoms with Gasteiger partial charge in [0.25, 0.3) is 0 Å². The topological polar surface area (TPSA) is 29.5 Å². The van der Waals surface area contributed by atoms with E-state index in [1.165, 1.54) is 5.57 Å². The van der Waals surface area contributed by atoms with E-state index in [0.29, 0.717) is 29.4 Å². The minimum atomic E-state index is -0.00352. The lowest BCUT2D eigenvalue weighted by atomic mass is 9.64. The van der Waals surface area contributed by atoms with Crippen LogP contribution in [-0.2, 0) is 4.74 Å². The van der Waals surface area contributed by atoms with Gasteiger partial charge in [0, 0.05) is 11.5 Å². The molecule has 19 heavy (non-hydrogen) atoms. The summed E-state index contributed by atoms with van der Waals surface area (Å²) in [7, 11) is 0. The summed E-state index contributed by atoms with van der Waals surface area (Å²) in [5.41, 5.74) is 2.34. The van der Waals surface area contributed by atoms with Crippen LogP contribution < -0.4 is 0 Å². The third-order valence-electron chi connectivity index (χ3n) is 5.01. The maximum atomic E-state index is 10.1. The van der Waals surface area contributed by atoms with Crippen LogP contribution in [0.4, 0.5) is 0 Å². The van der Waals surface area contributed by atoms with Crippen molar-refractivity contribution in [1.82, 2.24) is 0 Å². The van der Waals surface area contributed by atoms with Gasteiger partial charge in [0.15, 0.2) is 0 Å². The van der Waals surface area contributed by atoms with Gasteiger partial charge in [-0.25, -0.2) is 0 Å². The Morgan fingerprint density at radius 3 is 2.68 bits per heavy atom. The first-order valence-electron chi connectivity index (χ1n) is 7.17. The molecule has 1 aliphatic carbocycles. The molecule has 5 atom stereocenters. The van der Waals surface area contributed by atoms with Crippen molar-refractivity contribution in [1.29, 1.82) is 0 Å². The summed E-state index contributed by atoms with van der Waals surface area (Å²) in [6.45, 7) is 7.61. The number of aromatic hydroxyl groups is 1. The Kier molecular flexibility index (Phi) is 3.14. The smallest absolute Gasteiger partial charge is 0.121 e. The Bertz CT molecular complexity index is 506. The molecule has 1 fully saturated rings. The summed E-state index contributed by atoms with van der Waals surface area (Å²) < 4.78 is 6.12. The number of allylic oxidation sites excluding steroid dienone is 1. The summed E-state index contributed by atoms with van der Waals surface area (Å²) in [6, 6.07) is 7.57. The number of ether oxygens (including phenoxy) is 1. The van der Waals surface area contributed by atoms with E-state index in [2.05, 4.69) is 26.8 Å². The highest BCUT2D eigenvalue weighted by Gasteiger charge is 2.44. The van der Waals surface area contributed by atoms with E-state index in [4.69, 9.17) is 4.74 Å². The van der Waals surface area contributed by atoms with Gasteiger partial charge in [-0.05, 0) is 30.7 Å². The van der Waals surface area contributed by atoms with Crippen LogP contribution in [0.1, 0.15) is 32.4 Å². The van der Waals surface area contributed by atoms with Crippen molar-refractivity contribution in [2.45, 2.75) is 26.9 Å². The minimum absolute atomic E-state index is 0.00352. The zero-order chi connectivity index (χ0) is 13.6. The lowest BCUT2D eigenvalue weighted by Crippen LogP contribution is -2.42. The average Bonchev–Trinajstić information content (AvgIpc) is 2.36. The third-order valence-corrected chi connectivity index (χ3v) is 5.01. The summed E-state index contributed by atoms with van der Waals surface area (Å²) in [6.07, 6.45) is 2.39. The fourth-order valence-electron chi connectivity index (χ4n) is 3.96. The predicted molar refractivity (Wildman–Crippen MR) is 75.9 cm³/mol. The van der Waals surface area contributed by atoms with Gasteiger partial charge in [-0.15, -0.1) is 0 Å². The molecule has 0 spiro atoms. The van der Waals surface area contributed by atoms with Gasteiger partial charge in [-0.2, -0.15) is 0 Å². The molecule has 1 aliphatic heterocycles. The zero-order valence-corrected chi connectivity index (χ0v) is 11.8. The minimum Gasteiger partial charge on any atom is -0.508 e. The van der Waals surface area contributed by atoms with Gasteiger partial charge in [-0.1, -0.05) is 43.7 Å². The van der Waals surface area contributed by atoms with Gasteiger partial charge in [0.2, 0.25) is 0 Å². The quantitative estimate of drug-likeness (QED) is 0.773. The molecule has 0 saturated carbocycles. The second kappa shape index (κ2) is 4.68. The first-order valence-corrected chi connectivity index (χ1v) is 7.17. The van der Waals surface area contributed by atoms with Gasteiger partial charge in [0.05, 0.1) is 12.7 Å². The molecule has 2 bridgehead atoms. The van der Waals surface area contributed by atoms with Crippen molar-refractivity contribution in [3.05, 3.63) is 41.5 Å². The molecule has 1 saturated heterocycles. The van der Waals surface area contributed by atoms with Crippen LogP contribution >= 0.6 is 0 Å². The highest BCUT2D eigenvalue weighted by molar-refractivity contribution is 5.36. The summed E-state index contributed by atoms with van der Waals surface area (Å²) in [5, 5.41) is 10.1. The molecule has 1 N–H and O–H groups in total. The highest BCUT2D eigenvalue weighted by Crippen LogP contribution is 2.50. The predicted octanol–water partition coefficient (Wildman–Crippen LogP) is 3.93. The molecule has 1 aromatic carbocycles. The molecule has 0 radical (unpaired) electrons. The molecule has 2 nitrogen and oxygen atoms in total. The number of para-hydroxylation sites is 1. The summed E-state index contributed by atoms with van der Waals surface area (Å²) >= 11 is 0. The van der Waals surface area contributed by atoms with Crippen molar-refractivity contribution in [3.8, 4) is 5.75 Å². The first kappa shape index (κ1) is 12.7. The lowest BCUT2D eigenvalue weighted by Gasteiger charge is -2.47. The Morgan fingerprint density at radius 1 is 1.21 bits per heavy atom. The van der Waals surface area contributed by atoms with Gasteiger partial charge < -0.3 is 9.84 Å². The second-order valence-electron chi connectivity index (χ2n) is 6.13. The average molecular weight is 258 g/mol. The maximum Gasteiger partial charge on any atom is 0.121 e. The van der Waals surface area contributed by atoms with Crippen molar-refractivity contribution >= 4 is 0 Å². The summed E-state index contributed by atoms with van der Waals surface area (Å²) in [5.74, 6) is 2.55. The molecule has 3 rings (SSSR count). The molecular weight excluding hydrogens is 236 g/mol. The van der Waals surface area contributed by atoms with Gasteiger partial charge in [-0.3, -0.25) is 0 Å². The van der Waals surface area contributed by atoms with Crippen LogP contribution in [0.3, 0.4) is 0 Å². The molecule has 1 heterocycles. The van der Waals surface area contributed by atoms with E-state index < -0.39 is 0 Å². The van der Waals surface area contributed by atoms with Crippen molar-refractivity contribution < 1.29 is 9.84 Å². The largest absolute Gasteiger partial charge is 0.508 e. The van der Waals surface area contributed by atoms with E-state index in [0.717, 1.165) is 12.2 Å². The van der Waals surface area contributed by atoms with Gasteiger partial charge in [0.1, 0.15) is 5.75 Å². The van der Waals surface area contributed by atoms with Crippen LogP contribution in [0.25, 0.3) is 0 Å². The van der Waals surface area contributed by atoms with E-state index in [9.17, 15) is 5.11 Å². The fraction of sp³-hybridized carbons (Fsp3) is 0.529. The molecule has 0 amide bonds. The Balaban J connectivity index is 2.01. The Hall–Kier alpha value is -1.28. The molecule has 102 valence electrons. The normalized spacial score (nSPS) is 37.8. The lowest BCUT2D eigenvalue weighted by molar-refractivity contribution is -0.0941. The van der Waals surface area contributed by atoms with Gasteiger partial charge >= 0.3 is 0 Å². The molecular formula is C17H22O2. The van der Waals surface area contributed by atoms with Crippen molar-refractivity contribution in [2.24, 2.45) is 23.7 Å². The summed E-state index contributed by atoms with van der Waals surface area (Å²) in [4.78, 5) is 0. The maximum absolute atomic E-state index is 10.1. The third kappa shape index (κ3) is 1.99. The van der Waals surface area contributed by atoms with Crippen molar-refractivity contribution in [2.75, 3.05) is 6.61 Å². The SMILES string of the molecule is CC1=C[C@H](C)[C@H]2CO[C@H](c3ccccc3O)[C@H]1[C@H]2C. The monoisotopic (exact) mass is 258 g/mol. The van der Waals surface area contributed by atoms with E-state index in [1.54, 1.807) is 6.07 Å². The Morgan fingerprint density at radius 2 is 1.95 bits per heavy atom. The molecule has 0 unspecified atom stereocenters. The molecule has 1 aromatic rings. The van der Waals surface area contributed by atoms with E-state index >= 15 is 0 Å². The van der Waals surface area contributed by atoms with Crippen LogP contribution in [0.2, 0.25) is 0 Å². The number of phenols is 1. The standard InChI is InChI=1S/C17H22O2/c1-10-8-11(2)16-12(3)14(10)9-19-17(16)13-6-4-5-7-15(13)18/h4-8,10,12,14,16-18H,9H2,1-3H3/t10-,12-,14+,16+,17+/m0/s1. The molecule has 0 aromatic heterocycles.